The number of amides is 2. The molecule has 0 aliphatic rings. The molecule has 1 atom stereocenters. The zero-order valence-corrected chi connectivity index (χ0v) is 10.6. The SMILES string of the molecule is CCCCNC(=O)N(C)CC(C)C(N)=S. The minimum atomic E-state index is -0.0634. The van der Waals surface area contributed by atoms with E-state index in [1.54, 1.807) is 11.9 Å². The van der Waals surface area contributed by atoms with Crippen molar-refractivity contribution in [3.8, 4) is 0 Å². The Labute approximate surface area is 97.2 Å². The molecule has 2 amide bonds. The second-order valence-electron chi connectivity index (χ2n) is 3.77. The van der Waals surface area contributed by atoms with Gasteiger partial charge in [0.05, 0.1) is 4.99 Å². The second kappa shape index (κ2) is 7.45. The van der Waals surface area contributed by atoms with Crippen LogP contribution < -0.4 is 11.1 Å². The third kappa shape index (κ3) is 6.28. The molecule has 0 radical (unpaired) electrons. The molecule has 0 aromatic heterocycles. The molecule has 0 spiro atoms. The third-order valence-electron chi connectivity index (χ3n) is 2.19. The molecule has 5 heteroatoms. The number of nitrogens with zero attached hydrogens (tertiary/aromatic N) is 1. The first kappa shape index (κ1) is 14.2. The number of urea groups is 1. The first-order valence-electron chi connectivity index (χ1n) is 5.27. The summed E-state index contributed by atoms with van der Waals surface area (Å²) >= 11 is 4.85. The van der Waals surface area contributed by atoms with E-state index in [1.165, 1.54) is 0 Å². The number of hydrogen-bond donors (Lipinski definition) is 2. The molecule has 4 nitrogen and oxygen atoms in total. The van der Waals surface area contributed by atoms with Crippen LogP contribution in [0.2, 0.25) is 0 Å². The Balaban J connectivity index is 3.83. The highest BCUT2D eigenvalue weighted by Gasteiger charge is 2.13. The largest absolute Gasteiger partial charge is 0.393 e. The van der Waals surface area contributed by atoms with Crippen LogP contribution in [0.1, 0.15) is 26.7 Å². The van der Waals surface area contributed by atoms with E-state index in [-0.39, 0.29) is 11.9 Å². The van der Waals surface area contributed by atoms with Crippen LogP contribution >= 0.6 is 12.2 Å². The van der Waals surface area contributed by atoms with Crippen molar-refractivity contribution in [1.29, 1.82) is 0 Å². The van der Waals surface area contributed by atoms with Gasteiger partial charge in [0.1, 0.15) is 0 Å². The summed E-state index contributed by atoms with van der Waals surface area (Å²) in [5, 5.41) is 2.83. The third-order valence-corrected chi connectivity index (χ3v) is 2.59. The van der Waals surface area contributed by atoms with Gasteiger partial charge in [0.25, 0.3) is 0 Å². The van der Waals surface area contributed by atoms with Crippen molar-refractivity contribution in [1.82, 2.24) is 10.2 Å². The van der Waals surface area contributed by atoms with Gasteiger partial charge in [-0.2, -0.15) is 0 Å². The molecule has 0 fully saturated rings. The van der Waals surface area contributed by atoms with E-state index >= 15 is 0 Å². The van der Waals surface area contributed by atoms with Crippen LogP contribution in [0, 0.1) is 5.92 Å². The first-order chi connectivity index (χ1) is 6.99. The molecule has 0 aliphatic heterocycles. The minimum Gasteiger partial charge on any atom is -0.393 e. The molecule has 1 unspecified atom stereocenters. The van der Waals surface area contributed by atoms with Gasteiger partial charge in [0.15, 0.2) is 0 Å². The quantitative estimate of drug-likeness (QED) is 0.536. The normalized spacial score (nSPS) is 11.9. The fraction of sp³-hybridized carbons (Fsp3) is 0.800. The molecule has 0 saturated carbocycles. The van der Waals surface area contributed by atoms with Gasteiger partial charge in [0.2, 0.25) is 0 Å². The lowest BCUT2D eigenvalue weighted by Gasteiger charge is -2.21. The van der Waals surface area contributed by atoms with Crippen molar-refractivity contribution in [3.05, 3.63) is 0 Å². The first-order valence-corrected chi connectivity index (χ1v) is 5.68. The molecule has 3 N–H and O–H groups in total. The van der Waals surface area contributed by atoms with E-state index in [2.05, 4.69) is 12.2 Å². The average molecular weight is 231 g/mol. The summed E-state index contributed by atoms with van der Waals surface area (Å²) in [6.07, 6.45) is 2.08. The van der Waals surface area contributed by atoms with Crippen LogP contribution in [0.15, 0.2) is 0 Å². The van der Waals surface area contributed by atoms with E-state index in [9.17, 15) is 4.79 Å². The van der Waals surface area contributed by atoms with Gasteiger partial charge < -0.3 is 16.0 Å². The maximum Gasteiger partial charge on any atom is 0.317 e. The Morgan fingerprint density at radius 1 is 1.60 bits per heavy atom. The van der Waals surface area contributed by atoms with Crippen LogP contribution in [0.3, 0.4) is 0 Å². The zero-order valence-electron chi connectivity index (χ0n) is 9.75. The van der Waals surface area contributed by atoms with Crippen LogP contribution in [-0.2, 0) is 0 Å². The number of carbonyl (C=O) groups excluding carboxylic acids is 1. The van der Waals surface area contributed by atoms with Crippen molar-refractivity contribution in [2.45, 2.75) is 26.7 Å². The Kier molecular flexibility index (Phi) is 7.03. The number of nitrogens with two attached hydrogens (primary N) is 1. The summed E-state index contributed by atoms with van der Waals surface area (Å²) in [7, 11) is 1.75. The Hall–Kier alpha value is -0.840. The molecule has 0 heterocycles. The average Bonchev–Trinajstić information content (AvgIpc) is 2.17. The lowest BCUT2D eigenvalue weighted by molar-refractivity contribution is 0.206. The lowest BCUT2D eigenvalue weighted by atomic mass is 10.2. The molecule has 0 rings (SSSR count). The highest BCUT2D eigenvalue weighted by Crippen LogP contribution is 1.98. The molecular weight excluding hydrogens is 210 g/mol. The molecule has 15 heavy (non-hydrogen) atoms. The van der Waals surface area contributed by atoms with E-state index < -0.39 is 0 Å². The van der Waals surface area contributed by atoms with E-state index in [0.29, 0.717) is 11.5 Å². The van der Waals surface area contributed by atoms with Crippen LogP contribution in [0.4, 0.5) is 4.79 Å². The summed E-state index contributed by atoms with van der Waals surface area (Å²) in [4.78, 5) is 13.6. The topological polar surface area (TPSA) is 58.4 Å². The summed E-state index contributed by atoms with van der Waals surface area (Å²) in [6, 6.07) is -0.0634. The van der Waals surface area contributed by atoms with Crippen molar-refractivity contribution in [3.63, 3.8) is 0 Å². The zero-order chi connectivity index (χ0) is 11.8. The number of carbonyl (C=O) groups is 1. The number of rotatable bonds is 6. The Bertz CT molecular complexity index is 221. The molecular formula is C10H21N3OS. The van der Waals surface area contributed by atoms with Crippen molar-refractivity contribution >= 4 is 23.2 Å². The van der Waals surface area contributed by atoms with Gasteiger partial charge in [-0.05, 0) is 6.42 Å². The highest BCUT2D eigenvalue weighted by molar-refractivity contribution is 7.80. The molecule has 0 aromatic rings. The highest BCUT2D eigenvalue weighted by atomic mass is 32.1. The molecule has 0 aromatic carbocycles. The number of thiocarbonyl (C=S) groups is 1. The van der Waals surface area contributed by atoms with Gasteiger partial charge >= 0.3 is 6.03 Å². The number of unbranched alkanes of at least 4 members (excludes halogenated alkanes) is 1. The minimum absolute atomic E-state index is 0.0573. The predicted octanol–water partition coefficient (Wildman–Crippen LogP) is 1.35. The lowest BCUT2D eigenvalue weighted by Crippen LogP contribution is -2.41. The van der Waals surface area contributed by atoms with Gasteiger partial charge in [0, 0.05) is 26.1 Å². The summed E-state index contributed by atoms with van der Waals surface area (Å²) in [5.74, 6) is 0.0573. The fourth-order valence-corrected chi connectivity index (χ4v) is 1.17. The van der Waals surface area contributed by atoms with E-state index in [4.69, 9.17) is 18.0 Å². The fourth-order valence-electron chi connectivity index (χ4n) is 1.09. The summed E-state index contributed by atoms with van der Waals surface area (Å²) in [6.45, 7) is 5.29. The smallest absolute Gasteiger partial charge is 0.317 e. The molecule has 0 saturated heterocycles. The van der Waals surface area contributed by atoms with Gasteiger partial charge in [-0.3, -0.25) is 0 Å². The number of nitrogens with one attached hydrogen (secondary N) is 1. The summed E-state index contributed by atoms with van der Waals surface area (Å²) in [5.41, 5.74) is 5.48. The predicted molar refractivity (Wildman–Crippen MR) is 66.9 cm³/mol. The summed E-state index contributed by atoms with van der Waals surface area (Å²) < 4.78 is 0. The molecule has 0 bridgehead atoms. The molecule has 88 valence electrons. The Morgan fingerprint density at radius 3 is 2.67 bits per heavy atom. The van der Waals surface area contributed by atoms with Crippen molar-refractivity contribution < 1.29 is 4.79 Å². The van der Waals surface area contributed by atoms with Gasteiger partial charge in [-0.15, -0.1) is 0 Å². The Morgan fingerprint density at radius 2 is 2.20 bits per heavy atom. The van der Waals surface area contributed by atoms with E-state index in [1.807, 2.05) is 6.92 Å². The van der Waals surface area contributed by atoms with Crippen LogP contribution in [0.5, 0.6) is 0 Å². The second-order valence-corrected chi connectivity index (χ2v) is 4.24. The van der Waals surface area contributed by atoms with Crippen molar-refractivity contribution in [2.24, 2.45) is 11.7 Å². The number of hydrogen-bond acceptors (Lipinski definition) is 2. The van der Waals surface area contributed by atoms with Gasteiger partial charge in [-0.25, -0.2) is 4.79 Å². The van der Waals surface area contributed by atoms with Crippen LogP contribution in [0.25, 0.3) is 0 Å². The van der Waals surface area contributed by atoms with Crippen LogP contribution in [-0.4, -0.2) is 36.1 Å². The maximum absolute atomic E-state index is 11.5. The monoisotopic (exact) mass is 231 g/mol. The van der Waals surface area contributed by atoms with Crippen molar-refractivity contribution in [2.75, 3.05) is 20.1 Å². The van der Waals surface area contributed by atoms with Gasteiger partial charge in [-0.1, -0.05) is 32.5 Å². The maximum atomic E-state index is 11.5. The van der Waals surface area contributed by atoms with E-state index in [0.717, 1.165) is 19.4 Å². The molecule has 0 aliphatic carbocycles. The standard InChI is InChI=1S/C10H21N3OS/c1-4-5-6-12-10(14)13(3)7-8(2)9(11)15/h8H,4-7H2,1-3H3,(H2,11,15)(H,12,14).